The summed E-state index contributed by atoms with van der Waals surface area (Å²) in [5.74, 6) is -1.00. The van der Waals surface area contributed by atoms with Crippen molar-refractivity contribution in [3.05, 3.63) is 92.4 Å². The van der Waals surface area contributed by atoms with Crippen LogP contribution in [0.15, 0.2) is 65.6 Å². The largest absolute Gasteiger partial charge is 0.357 e. The van der Waals surface area contributed by atoms with Gasteiger partial charge in [0.1, 0.15) is 12.6 Å². The van der Waals surface area contributed by atoms with Crippen molar-refractivity contribution in [1.29, 1.82) is 0 Å². The van der Waals surface area contributed by atoms with Gasteiger partial charge < -0.3 is 10.2 Å². The molecule has 208 valence electrons. The van der Waals surface area contributed by atoms with Crippen molar-refractivity contribution in [3.8, 4) is 0 Å². The van der Waals surface area contributed by atoms with Crippen LogP contribution in [-0.4, -0.2) is 44.8 Å². The van der Waals surface area contributed by atoms with E-state index in [2.05, 4.69) is 5.32 Å². The lowest BCUT2D eigenvalue weighted by atomic mass is 10.1. The number of nitrogens with zero attached hydrogens (tertiary/aromatic N) is 2. The maximum absolute atomic E-state index is 14.0. The first kappa shape index (κ1) is 30.8. The van der Waals surface area contributed by atoms with E-state index in [0.717, 1.165) is 9.87 Å². The summed E-state index contributed by atoms with van der Waals surface area (Å²) in [6.07, 6.45) is 0.276. The second-order valence-corrected chi connectivity index (χ2v) is 12.1. The number of anilines is 1. The average molecular weight is 611 g/mol. The molecule has 0 unspecified atom stereocenters. The summed E-state index contributed by atoms with van der Waals surface area (Å²) >= 11 is 18.9. The highest BCUT2D eigenvalue weighted by Crippen LogP contribution is 2.31. The number of hydrogen-bond acceptors (Lipinski definition) is 4. The third-order valence-corrected chi connectivity index (χ3v) is 9.06. The van der Waals surface area contributed by atoms with Crippen LogP contribution in [0.25, 0.3) is 0 Å². The molecule has 1 N–H and O–H groups in total. The number of likely N-dealkylation sites (N-methyl/N-ethyl adjacent to an activating group) is 1. The Morgan fingerprint density at radius 2 is 1.56 bits per heavy atom. The Balaban J connectivity index is 2.13. The second kappa shape index (κ2) is 13.0. The van der Waals surface area contributed by atoms with Crippen molar-refractivity contribution in [1.82, 2.24) is 10.2 Å². The lowest BCUT2D eigenvalue weighted by Gasteiger charge is -2.33. The Morgan fingerprint density at radius 1 is 0.949 bits per heavy atom. The van der Waals surface area contributed by atoms with E-state index >= 15 is 0 Å². The fourth-order valence-corrected chi connectivity index (χ4v) is 6.41. The van der Waals surface area contributed by atoms with Crippen molar-refractivity contribution in [2.45, 2.75) is 44.7 Å². The SMILES string of the molecule is CC[C@@H](C(=O)NC)N(Cc1c(Cl)cccc1Cl)C(=O)CN(c1ccc(Cl)cc1C)S(=O)(=O)c1ccc(C)cc1. The summed E-state index contributed by atoms with van der Waals surface area (Å²) in [7, 11) is -2.72. The zero-order valence-corrected chi connectivity index (χ0v) is 25.1. The van der Waals surface area contributed by atoms with Gasteiger partial charge in [0.05, 0.1) is 10.6 Å². The smallest absolute Gasteiger partial charge is 0.264 e. The van der Waals surface area contributed by atoms with Gasteiger partial charge in [-0.15, -0.1) is 0 Å². The fraction of sp³-hybridized carbons (Fsp3) is 0.286. The van der Waals surface area contributed by atoms with Gasteiger partial charge in [0.15, 0.2) is 0 Å². The number of carbonyl (C=O) groups is 2. The number of halogens is 3. The molecule has 0 aromatic heterocycles. The number of benzene rings is 3. The molecular formula is C28H30Cl3N3O4S. The third-order valence-electron chi connectivity index (χ3n) is 6.34. The van der Waals surface area contributed by atoms with Gasteiger partial charge in [-0.05, 0) is 68.3 Å². The van der Waals surface area contributed by atoms with E-state index in [1.54, 1.807) is 62.4 Å². The summed E-state index contributed by atoms with van der Waals surface area (Å²) < 4.78 is 28.9. The third kappa shape index (κ3) is 7.06. The molecule has 0 fully saturated rings. The molecule has 3 aromatic carbocycles. The van der Waals surface area contributed by atoms with Crippen LogP contribution in [0.2, 0.25) is 15.1 Å². The van der Waals surface area contributed by atoms with Gasteiger partial charge in [0.25, 0.3) is 10.0 Å². The minimum Gasteiger partial charge on any atom is -0.357 e. The average Bonchev–Trinajstić information content (AvgIpc) is 2.89. The molecule has 3 rings (SSSR count). The van der Waals surface area contributed by atoms with Gasteiger partial charge in [-0.3, -0.25) is 13.9 Å². The van der Waals surface area contributed by atoms with Crippen LogP contribution < -0.4 is 9.62 Å². The minimum atomic E-state index is -4.19. The lowest BCUT2D eigenvalue weighted by molar-refractivity contribution is -0.140. The first-order chi connectivity index (χ1) is 18.4. The highest BCUT2D eigenvalue weighted by atomic mass is 35.5. The number of amides is 2. The monoisotopic (exact) mass is 609 g/mol. The first-order valence-electron chi connectivity index (χ1n) is 12.2. The molecule has 0 saturated heterocycles. The maximum Gasteiger partial charge on any atom is 0.264 e. The van der Waals surface area contributed by atoms with E-state index in [9.17, 15) is 18.0 Å². The number of carbonyl (C=O) groups excluding carboxylic acids is 2. The number of nitrogens with one attached hydrogen (secondary N) is 1. The molecule has 0 spiro atoms. The summed E-state index contributed by atoms with van der Waals surface area (Å²) in [6, 6.07) is 15.2. The van der Waals surface area contributed by atoms with E-state index in [1.165, 1.54) is 24.1 Å². The zero-order chi connectivity index (χ0) is 28.9. The van der Waals surface area contributed by atoms with Crippen LogP contribution in [0.1, 0.15) is 30.0 Å². The van der Waals surface area contributed by atoms with Crippen molar-refractivity contribution in [2.75, 3.05) is 17.9 Å². The van der Waals surface area contributed by atoms with Crippen molar-refractivity contribution in [3.63, 3.8) is 0 Å². The highest BCUT2D eigenvalue weighted by Gasteiger charge is 2.34. The number of sulfonamides is 1. The van der Waals surface area contributed by atoms with Crippen LogP contribution in [0, 0.1) is 13.8 Å². The first-order valence-corrected chi connectivity index (χ1v) is 14.8. The molecule has 0 heterocycles. The molecule has 3 aromatic rings. The van der Waals surface area contributed by atoms with E-state index in [0.29, 0.717) is 26.2 Å². The van der Waals surface area contributed by atoms with Gasteiger partial charge in [-0.1, -0.05) is 65.5 Å². The number of aryl methyl sites for hydroxylation is 2. The molecule has 0 bridgehead atoms. The summed E-state index contributed by atoms with van der Waals surface area (Å²) in [4.78, 5) is 28.2. The van der Waals surface area contributed by atoms with E-state index < -0.39 is 34.4 Å². The van der Waals surface area contributed by atoms with Crippen molar-refractivity contribution in [2.24, 2.45) is 0 Å². The van der Waals surface area contributed by atoms with E-state index in [-0.39, 0.29) is 23.5 Å². The molecule has 2 amide bonds. The quantitative estimate of drug-likeness (QED) is 0.305. The van der Waals surface area contributed by atoms with Gasteiger partial charge in [0.2, 0.25) is 11.8 Å². The predicted octanol–water partition coefficient (Wildman–Crippen LogP) is 6.01. The van der Waals surface area contributed by atoms with Crippen molar-refractivity contribution < 1.29 is 18.0 Å². The standard InChI is InChI=1S/C28H30Cl3N3O4S/c1-5-25(28(36)32-4)33(16-22-23(30)7-6-8-24(22)31)27(35)17-34(26-14-11-20(29)15-19(26)3)39(37,38)21-12-9-18(2)10-13-21/h6-15,25H,5,16-17H2,1-4H3,(H,32,36)/t25-/m0/s1. The Hall–Kier alpha value is -2.78. The molecule has 1 atom stereocenters. The predicted molar refractivity (Wildman–Crippen MR) is 157 cm³/mol. The van der Waals surface area contributed by atoms with Gasteiger partial charge in [-0.2, -0.15) is 0 Å². The summed E-state index contributed by atoms with van der Waals surface area (Å²) in [5.41, 5.74) is 2.19. The fourth-order valence-electron chi connectivity index (χ4n) is 4.19. The lowest BCUT2D eigenvalue weighted by Crippen LogP contribution is -2.52. The maximum atomic E-state index is 14.0. The van der Waals surface area contributed by atoms with Crippen LogP contribution >= 0.6 is 34.8 Å². The van der Waals surface area contributed by atoms with E-state index in [4.69, 9.17) is 34.8 Å². The zero-order valence-electron chi connectivity index (χ0n) is 22.0. The molecule has 0 aliphatic rings. The number of rotatable bonds is 10. The van der Waals surface area contributed by atoms with Crippen LogP contribution in [0.3, 0.4) is 0 Å². The normalized spacial score (nSPS) is 12.1. The topological polar surface area (TPSA) is 86.8 Å². The molecule has 39 heavy (non-hydrogen) atoms. The Labute approximate surface area is 244 Å². The van der Waals surface area contributed by atoms with Gasteiger partial charge >= 0.3 is 0 Å². The van der Waals surface area contributed by atoms with Gasteiger partial charge in [-0.25, -0.2) is 8.42 Å². The highest BCUT2D eigenvalue weighted by molar-refractivity contribution is 7.92. The molecule has 0 aliphatic heterocycles. The summed E-state index contributed by atoms with van der Waals surface area (Å²) in [6.45, 7) is 4.65. The van der Waals surface area contributed by atoms with Crippen LogP contribution in [0.5, 0.6) is 0 Å². The van der Waals surface area contributed by atoms with Crippen molar-refractivity contribution >= 4 is 62.3 Å². The Morgan fingerprint density at radius 3 is 2.10 bits per heavy atom. The van der Waals surface area contributed by atoms with Gasteiger partial charge in [0, 0.05) is 34.2 Å². The summed E-state index contributed by atoms with van der Waals surface area (Å²) in [5, 5.41) is 3.66. The Kier molecular flexibility index (Phi) is 10.3. The second-order valence-electron chi connectivity index (χ2n) is 9.02. The molecule has 7 nitrogen and oxygen atoms in total. The molecule has 0 aliphatic carbocycles. The van der Waals surface area contributed by atoms with E-state index in [1.807, 2.05) is 6.92 Å². The van der Waals surface area contributed by atoms with Crippen LogP contribution in [-0.2, 0) is 26.2 Å². The molecule has 11 heteroatoms. The molecular weight excluding hydrogens is 581 g/mol. The van der Waals surface area contributed by atoms with Crippen LogP contribution in [0.4, 0.5) is 5.69 Å². The molecule has 0 saturated carbocycles. The Bertz CT molecular complexity index is 1440. The molecule has 0 radical (unpaired) electrons. The minimum absolute atomic E-state index is 0.0225. The number of hydrogen-bond donors (Lipinski definition) is 1.